The van der Waals surface area contributed by atoms with Crippen LogP contribution in [0.1, 0.15) is 36.8 Å². The van der Waals surface area contributed by atoms with Crippen LogP contribution >= 0.6 is 0 Å². The molecule has 8 heteroatoms. The van der Waals surface area contributed by atoms with Crippen LogP contribution in [-0.4, -0.2) is 47.6 Å². The third-order valence-electron chi connectivity index (χ3n) is 6.74. The van der Waals surface area contributed by atoms with E-state index in [1.807, 2.05) is 11.0 Å². The summed E-state index contributed by atoms with van der Waals surface area (Å²) < 4.78 is 20.6. The van der Waals surface area contributed by atoms with Crippen LogP contribution in [-0.2, 0) is 15.1 Å². The number of fused-ring (bicyclic) bond motifs is 2. The minimum atomic E-state index is -0.798. The Kier molecular flexibility index (Phi) is 5.03. The summed E-state index contributed by atoms with van der Waals surface area (Å²) in [5.74, 6) is 0.198. The molecule has 7 nitrogen and oxygen atoms in total. The SMILES string of the molecule is [C-]#[N+]c1cccc(C2(OCC(=O)N3CC4CC[C@@H](C3)N4c3ccc(C#N)cn3)CC2)c1F. The third-order valence-corrected chi connectivity index (χ3v) is 6.74. The summed E-state index contributed by atoms with van der Waals surface area (Å²) in [6, 6.07) is 10.8. The van der Waals surface area contributed by atoms with E-state index in [-0.39, 0.29) is 30.3 Å². The van der Waals surface area contributed by atoms with Crippen molar-refractivity contribution in [2.75, 3.05) is 24.6 Å². The van der Waals surface area contributed by atoms with Gasteiger partial charge in [0.2, 0.25) is 11.6 Å². The van der Waals surface area contributed by atoms with Gasteiger partial charge in [-0.2, -0.15) is 5.26 Å². The lowest BCUT2D eigenvalue weighted by Gasteiger charge is -2.41. The van der Waals surface area contributed by atoms with Gasteiger partial charge in [0.1, 0.15) is 24.3 Å². The molecular weight excluding hydrogens is 409 g/mol. The van der Waals surface area contributed by atoms with Gasteiger partial charge < -0.3 is 14.5 Å². The van der Waals surface area contributed by atoms with E-state index in [1.54, 1.807) is 24.4 Å². The second kappa shape index (κ2) is 7.89. The van der Waals surface area contributed by atoms with Crippen molar-refractivity contribution in [3.63, 3.8) is 0 Å². The first-order chi connectivity index (χ1) is 15.5. The highest BCUT2D eigenvalue weighted by atomic mass is 19.1. The minimum absolute atomic E-state index is 0.0205. The molecule has 2 aromatic rings. The number of rotatable bonds is 5. The highest BCUT2D eigenvalue weighted by Crippen LogP contribution is 2.51. The van der Waals surface area contributed by atoms with Gasteiger partial charge in [0.15, 0.2) is 0 Å². The molecular formula is C24H22FN5O2. The molecule has 5 rings (SSSR count). The predicted octanol–water partition coefficient (Wildman–Crippen LogP) is 3.53. The maximum atomic E-state index is 14.6. The van der Waals surface area contributed by atoms with Crippen LogP contribution < -0.4 is 4.90 Å². The lowest BCUT2D eigenvalue weighted by atomic mass is 10.1. The van der Waals surface area contributed by atoms with Crippen molar-refractivity contribution in [2.24, 2.45) is 0 Å². The number of pyridine rings is 1. The van der Waals surface area contributed by atoms with Crippen LogP contribution in [0, 0.1) is 23.7 Å². The first kappa shape index (κ1) is 20.4. The first-order valence-corrected chi connectivity index (χ1v) is 10.8. The Hall–Kier alpha value is -3.49. The molecule has 0 radical (unpaired) electrons. The highest BCUT2D eigenvalue weighted by Gasteiger charge is 2.49. The maximum absolute atomic E-state index is 14.6. The van der Waals surface area contributed by atoms with Gasteiger partial charge in [0.25, 0.3) is 0 Å². The molecule has 0 spiro atoms. The number of carbonyl (C=O) groups excluding carboxylic acids is 1. The van der Waals surface area contributed by atoms with Crippen LogP contribution in [0.5, 0.6) is 0 Å². The lowest BCUT2D eigenvalue weighted by molar-refractivity contribution is -0.140. The number of nitrogens with zero attached hydrogens (tertiary/aromatic N) is 5. The Morgan fingerprint density at radius 2 is 2.03 bits per heavy atom. The van der Waals surface area contributed by atoms with Crippen molar-refractivity contribution in [1.82, 2.24) is 9.88 Å². The van der Waals surface area contributed by atoms with E-state index in [0.29, 0.717) is 37.1 Å². The van der Waals surface area contributed by atoms with Crippen LogP contribution in [0.25, 0.3) is 4.85 Å². The molecule has 0 N–H and O–H groups in total. The molecule has 2 saturated heterocycles. The van der Waals surface area contributed by atoms with Crippen molar-refractivity contribution < 1.29 is 13.9 Å². The summed E-state index contributed by atoms with van der Waals surface area (Å²) in [5.41, 5.74) is 0.0797. The molecule has 32 heavy (non-hydrogen) atoms. The van der Waals surface area contributed by atoms with Gasteiger partial charge in [-0.1, -0.05) is 18.2 Å². The number of nitriles is 1. The molecule has 3 heterocycles. The number of halogens is 1. The molecule has 2 aliphatic heterocycles. The smallest absolute Gasteiger partial charge is 0.248 e. The zero-order chi connectivity index (χ0) is 22.3. The summed E-state index contributed by atoms with van der Waals surface area (Å²) >= 11 is 0. The van der Waals surface area contributed by atoms with Gasteiger partial charge in [0.05, 0.1) is 17.7 Å². The highest BCUT2D eigenvalue weighted by molar-refractivity contribution is 5.78. The Morgan fingerprint density at radius 3 is 2.62 bits per heavy atom. The molecule has 162 valence electrons. The summed E-state index contributed by atoms with van der Waals surface area (Å²) in [4.78, 5) is 24.7. The van der Waals surface area contributed by atoms with E-state index in [0.717, 1.165) is 18.7 Å². The van der Waals surface area contributed by atoms with Crippen LogP contribution in [0.2, 0.25) is 0 Å². The molecule has 3 aliphatic rings. The lowest BCUT2D eigenvalue weighted by Crippen LogP contribution is -2.56. The summed E-state index contributed by atoms with van der Waals surface area (Å²) in [5, 5.41) is 8.98. The Morgan fingerprint density at radius 1 is 1.28 bits per heavy atom. The number of hydrogen-bond acceptors (Lipinski definition) is 5. The van der Waals surface area contributed by atoms with Gasteiger partial charge in [-0.15, -0.1) is 0 Å². The third kappa shape index (κ3) is 3.47. The molecule has 2 bridgehead atoms. The van der Waals surface area contributed by atoms with E-state index >= 15 is 0 Å². The van der Waals surface area contributed by atoms with Crippen LogP contribution in [0.3, 0.4) is 0 Å². The van der Waals surface area contributed by atoms with Crippen LogP contribution in [0.4, 0.5) is 15.9 Å². The van der Waals surface area contributed by atoms with E-state index in [1.165, 1.54) is 6.07 Å². The Balaban J connectivity index is 1.24. The Labute approximate surface area is 185 Å². The molecule has 2 atom stereocenters. The number of carbonyl (C=O) groups is 1. The molecule has 1 aliphatic carbocycles. The van der Waals surface area contributed by atoms with Gasteiger partial charge >= 0.3 is 0 Å². The van der Waals surface area contributed by atoms with Crippen molar-refractivity contribution >= 4 is 17.4 Å². The molecule has 1 amide bonds. The minimum Gasteiger partial charge on any atom is -0.360 e. The topological polar surface area (TPSA) is 73.8 Å². The van der Waals surface area contributed by atoms with E-state index in [4.69, 9.17) is 16.6 Å². The molecule has 1 unspecified atom stereocenters. The number of piperazine rings is 1. The molecule has 1 saturated carbocycles. The van der Waals surface area contributed by atoms with Crippen molar-refractivity contribution in [3.8, 4) is 6.07 Å². The van der Waals surface area contributed by atoms with E-state index in [9.17, 15) is 9.18 Å². The second-order valence-electron chi connectivity index (χ2n) is 8.64. The number of aromatic nitrogens is 1. The summed E-state index contributed by atoms with van der Waals surface area (Å²) in [7, 11) is 0. The standard InChI is InChI=1S/C24H22FN5O2/c1-27-20-4-2-3-19(23(20)25)24(9-10-24)32-15-22(31)29-13-17-6-7-18(14-29)30(17)21-8-5-16(11-26)12-28-21/h2-5,8,12,17-18H,6-7,9-10,13-15H2/t17-,18?/m0/s1. The molecule has 1 aromatic heterocycles. The average Bonchev–Trinajstić information content (AvgIpc) is 3.56. The Bertz CT molecular complexity index is 1120. The monoisotopic (exact) mass is 431 g/mol. The zero-order valence-electron chi connectivity index (χ0n) is 17.5. The number of hydrogen-bond donors (Lipinski definition) is 0. The number of amides is 1. The zero-order valence-corrected chi connectivity index (χ0v) is 17.5. The molecule has 1 aromatic carbocycles. The van der Waals surface area contributed by atoms with Gasteiger partial charge in [-0.05, 0) is 37.8 Å². The van der Waals surface area contributed by atoms with Crippen molar-refractivity contribution in [1.29, 1.82) is 5.26 Å². The van der Waals surface area contributed by atoms with E-state index < -0.39 is 11.4 Å². The van der Waals surface area contributed by atoms with E-state index in [2.05, 4.69) is 20.8 Å². The van der Waals surface area contributed by atoms with Gasteiger partial charge in [-0.3, -0.25) is 4.79 Å². The summed E-state index contributed by atoms with van der Waals surface area (Å²) in [6.07, 6.45) is 4.83. The van der Waals surface area contributed by atoms with Gasteiger partial charge in [0, 0.05) is 36.9 Å². The summed E-state index contributed by atoms with van der Waals surface area (Å²) in [6.45, 7) is 8.20. The van der Waals surface area contributed by atoms with Crippen LogP contribution in [0.15, 0.2) is 36.5 Å². The average molecular weight is 431 g/mol. The fourth-order valence-electron chi connectivity index (χ4n) is 4.94. The number of benzene rings is 1. The first-order valence-electron chi connectivity index (χ1n) is 10.8. The predicted molar refractivity (Wildman–Crippen MR) is 114 cm³/mol. The fourth-order valence-corrected chi connectivity index (χ4v) is 4.94. The quantitative estimate of drug-likeness (QED) is 0.677. The molecule has 3 fully saturated rings. The number of anilines is 1. The largest absolute Gasteiger partial charge is 0.360 e. The number of ether oxygens (including phenoxy) is 1. The second-order valence-corrected chi connectivity index (χ2v) is 8.64. The van der Waals surface area contributed by atoms with Crippen molar-refractivity contribution in [2.45, 2.75) is 43.4 Å². The van der Waals surface area contributed by atoms with Gasteiger partial charge in [-0.25, -0.2) is 14.2 Å². The normalized spacial score (nSPS) is 22.8. The number of likely N-dealkylation sites (tertiary alicyclic amines) is 1. The fraction of sp³-hybridized carbons (Fsp3) is 0.417. The van der Waals surface area contributed by atoms with Crippen molar-refractivity contribution in [3.05, 3.63) is 64.9 Å². The maximum Gasteiger partial charge on any atom is 0.248 e.